The number of rotatable bonds is 4. The van der Waals surface area contributed by atoms with Crippen molar-refractivity contribution in [1.82, 2.24) is 0 Å². The minimum atomic E-state index is -0.460. The third-order valence-electron chi connectivity index (χ3n) is 3.97. The van der Waals surface area contributed by atoms with Crippen LogP contribution in [0.3, 0.4) is 0 Å². The molecule has 0 heterocycles. The van der Waals surface area contributed by atoms with Gasteiger partial charge in [0.25, 0.3) is 0 Å². The fourth-order valence-electron chi connectivity index (χ4n) is 2.78. The van der Waals surface area contributed by atoms with Crippen LogP contribution in [-0.2, 0) is 15.1 Å². The van der Waals surface area contributed by atoms with Gasteiger partial charge in [-0.1, -0.05) is 0 Å². The highest BCUT2D eigenvalue weighted by Gasteiger charge is 2.37. The van der Waals surface area contributed by atoms with Gasteiger partial charge >= 0.3 is 0 Å². The van der Waals surface area contributed by atoms with Crippen molar-refractivity contribution < 1.29 is 18.0 Å². The molecule has 106 valence electrons. The van der Waals surface area contributed by atoms with E-state index in [9.17, 15) is 4.39 Å². The van der Waals surface area contributed by atoms with Gasteiger partial charge in [0.2, 0.25) is 0 Å². The standard InChI is InChI=1S/C14H19FO3S/c1-16-12-3-5-14(17-2,6-4-12)10-7-11(15)9-13(8-10)18-19/h7-9,12,19H,3-6H2,1-2H3. The second-order valence-corrected chi connectivity index (χ2v) is 5.08. The zero-order chi connectivity index (χ0) is 13.9. The topological polar surface area (TPSA) is 27.7 Å². The van der Waals surface area contributed by atoms with Crippen molar-refractivity contribution in [2.75, 3.05) is 14.2 Å². The molecule has 1 aliphatic rings. The van der Waals surface area contributed by atoms with Crippen molar-refractivity contribution in [3.8, 4) is 5.75 Å². The molecule has 0 aliphatic heterocycles. The fourth-order valence-corrected chi connectivity index (χ4v) is 2.89. The summed E-state index contributed by atoms with van der Waals surface area (Å²) < 4.78 is 29.5. The van der Waals surface area contributed by atoms with Gasteiger partial charge in [-0.3, -0.25) is 0 Å². The van der Waals surface area contributed by atoms with Gasteiger partial charge < -0.3 is 13.7 Å². The van der Waals surface area contributed by atoms with Crippen LogP contribution in [0.15, 0.2) is 18.2 Å². The molecule has 19 heavy (non-hydrogen) atoms. The maximum Gasteiger partial charge on any atom is 0.140 e. The summed E-state index contributed by atoms with van der Waals surface area (Å²) in [4.78, 5) is 0. The molecule has 0 bridgehead atoms. The second-order valence-electron chi connectivity index (χ2n) is 4.90. The van der Waals surface area contributed by atoms with Crippen LogP contribution in [0.1, 0.15) is 31.2 Å². The molecular formula is C14H19FO3S. The molecule has 0 unspecified atom stereocenters. The minimum absolute atomic E-state index is 0.262. The Hall–Kier alpha value is -0.780. The fraction of sp³-hybridized carbons (Fsp3) is 0.571. The summed E-state index contributed by atoms with van der Waals surface area (Å²) >= 11 is 3.73. The normalized spacial score (nSPS) is 27.3. The lowest BCUT2D eigenvalue weighted by Gasteiger charge is -2.39. The zero-order valence-electron chi connectivity index (χ0n) is 11.2. The molecule has 0 N–H and O–H groups in total. The average molecular weight is 286 g/mol. The Kier molecular flexibility index (Phi) is 4.71. The van der Waals surface area contributed by atoms with Gasteiger partial charge in [-0.15, -0.1) is 0 Å². The Morgan fingerprint density at radius 1 is 1.21 bits per heavy atom. The van der Waals surface area contributed by atoms with Crippen molar-refractivity contribution in [3.05, 3.63) is 29.6 Å². The highest BCUT2D eigenvalue weighted by molar-refractivity contribution is 7.75. The first-order valence-electron chi connectivity index (χ1n) is 6.34. The summed E-state index contributed by atoms with van der Waals surface area (Å²) in [6, 6.07) is 4.60. The largest absolute Gasteiger partial charge is 0.429 e. The van der Waals surface area contributed by atoms with Crippen molar-refractivity contribution in [3.63, 3.8) is 0 Å². The van der Waals surface area contributed by atoms with Crippen LogP contribution in [0.25, 0.3) is 0 Å². The molecule has 2 rings (SSSR count). The molecular weight excluding hydrogens is 267 g/mol. The Bertz CT molecular complexity index is 431. The van der Waals surface area contributed by atoms with Crippen LogP contribution in [0, 0.1) is 5.82 Å². The number of ether oxygens (including phenoxy) is 2. The smallest absolute Gasteiger partial charge is 0.140 e. The summed E-state index contributed by atoms with van der Waals surface area (Å²) in [6.07, 6.45) is 3.67. The van der Waals surface area contributed by atoms with E-state index in [1.54, 1.807) is 20.3 Å². The molecule has 1 aromatic rings. The van der Waals surface area contributed by atoms with Gasteiger partial charge in [-0.05, 0) is 43.4 Å². The molecule has 0 atom stereocenters. The number of halogens is 1. The summed E-state index contributed by atoms with van der Waals surface area (Å²) in [6.45, 7) is 0. The molecule has 5 heteroatoms. The van der Waals surface area contributed by atoms with Crippen LogP contribution >= 0.6 is 12.9 Å². The summed E-state index contributed by atoms with van der Waals surface area (Å²) in [5.74, 6) is 0.0514. The van der Waals surface area contributed by atoms with Gasteiger partial charge in [0.1, 0.15) is 11.6 Å². The van der Waals surface area contributed by atoms with Crippen molar-refractivity contribution in [2.45, 2.75) is 37.4 Å². The summed E-state index contributed by atoms with van der Waals surface area (Å²) in [7, 11) is 3.39. The number of hydrogen-bond acceptors (Lipinski definition) is 4. The van der Waals surface area contributed by atoms with E-state index in [1.165, 1.54) is 12.1 Å². The number of methoxy groups -OCH3 is 2. The predicted octanol–water partition coefficient (Wildman–Crippen LogP) is 3.48. The molecule has 1 saturated carbocycles. The van der Waals surface area contributed by atoms with E-state index in [0.29, 0.717) is 5.75 Å². The van der Waals surface area contributed by atoms with E-state index in [2.05, 4.69) is 12.9 Å². The SMILES string of the molecule is COC1CCC(OC)(c2cc(F)cc(OS)c2)CC1. The Balaban J connectivity index is 2.29. The quantitative estimate of drug-likeness (QED) is 0.678. The monoisotopic (exact) mass is 286 g/mol. The van der Waals surface area contributed by atoms with Crippen molar-refractivity contribution >= 4 is 12.9 Å². The zero-order valence-corrected chi connectivity index (χ0v) is 12.1. The predicted molar refractivity (Wildman–Crippen MR) is 74.0 cm³/mol. The average Bonchev–Trinajstić information content (AvgIpc) is 2.46. The van der Waals surface area contributed by atoms with E-state index >= 15 is 0 Å². The molecule has 0 spiro atoms. The molecule has 1 aliphatic carbocycles. The van der Waals surface area contributed by atoms with E-state index < -0.39 is 5.60 Å². The lowest BCUT2D eigenvalue weighted by Crippen LogP contribution is -2.36. The number of hydrogen-bond donors (Lipinski definition) is 1. The van der Waals surface area contributed by atoms with Gasteiger partial charge in [-0.2, -0.15) is 0 Å². The van der Waals surface area contributed by atoms with Crippen LogP contribution in [-0.4, -0.2) is 20.3 Å². The number of benzene rings is 1. The third-order valence-corrected chi connectivity index (χ3v) is 4.18. The maximum atomic E-state index is 13.6. The Labute approximate surface area is 118 Å². The van der Waals surface area contributed by atoms with E-state index in [1.807, 2.05) is 0 Å². The maximum absolute atomic E-state index is 13.6. The second kappa shape index (κ2) is 6.11. The highest BCUT2D eigenvalue weighted by atomic mass is 32.1. The first-order chi connectivity index (χ1) is 9.13. The van der Waals surface area contributed by atoms with E-state index in [-0.39, 0.29) is 11.9 Å². The lowest BCUT2D eigenvalue weighted by atomic mass is 9.78. The molecule has 3 nitrogen and oxygen atoms in total. The van der Waals surface area contributed by atoms with E-state index in [0.717, 1.165) is 31.2 Å². The molecule has 1 aromatic carbocycles. The van der Waals surface area contributed by atoms with Crippen LogP contribution in [0.5, 0.6) is 5.75 Å². The molecule has 0 radical (unpaired) electrons. The van der Waals surface area contributed by atoms with Crippen LogP contribution in [0.2, 0.25) is 0 Å². The highest BCUT2D eigenvalue weighted by Crippen LogP contribution is 2.42. The minimum Gasteiger partial charge on any atom is -0.429 e. The Morgan fingerprint density at radius 2 is 1.89 bits per heavy atom. The van der Waals surface area contributed by atoms with Crippen molar-refractivity contribution in [1.29, 1.82) is 0 Å². The first-order valence-corrected chi connectivity index (χ1v) is 6.70. The van der Waals surface area contributed by atoms with Crippen LogP contribution in [0.4, 0.5) is 4.39 Å². The van der Waals surface area contributed by atoms with Gasteiger partial charge in [0, 0.05) is 33.2 Å². The van der Waals surface area contributed by atoms with Gasteiger partial charge in [0.05, 0.1) is 11.7 Å². The van der Waals surface area contributed by atoms with Crippen LogP contribution < -0.4 is 4.18 Å². The van der Waals surface area contributed by atoms with Gasteiger partial charge in [0.15, 0.2) is 0 Å². The molecule has 0 amide bonds. The molecule has 0 aromatic heterocycles. The molecule has 1 fully saturated rings. The first kappa shape index (κ1) is 14.6. The van der Waals surface area contributed by atoms with Crippen molar-refractivity contribution in [2.24, 2.45) is 0 Å². The number of thiol groups is 1. The molecule has 0 saturated heterocycles. The summed E-state index contributed by atoms with van der Waals surface area (Å²) in [5.41, 5.74) is 0.340. The lowest BCUT2D eigenvalue weighted by molar-refractivity contribution is -0.0763. The Morgan fingerprint density at radius 3 is 2.42 bits per heavy atom. The van der Waals surface area contributed by atoms with Gasteiger partial charge in [-0.25, -0.2) is 4.39 Å². The summed E-state index contributed by atoms with van der Waals surface area (Å²) in [5, 5.41) is 0. The third kappa shape index (κ3) is 3.04. The van der Waals surface area contributed by atoms with E-state index in [4.69, 9.17) is 13.7 Å².